The minimum Gasteiger partial charge on any atom is -1.00 e. The molecule has 0 aliphatic carbocycles. The van der Waals surface area contributed by atoms with Crippen LogP contribution in [0.2, 0.25) is 0 Å². The van der Waals surface area contributed by atoms with Crippen LogP contribution in [0.4, 0.5) is 22.0 Å². The van der Waals surface area contributed by atoms with E-state index in [1.54, 1.807) is 36.4 Å². The van der Waals surface area contributed by atoms with Gasteiger partial charge in [0.1, 0.15) is 18.2 Å². The number of hydrogen-bond acceptors (Lipinski definition) is 10. The number of aryl methyl sites for hydroxylation is 1. The van der Waals surface area contributed by atoms with Gasteiger partial charge in [0.2, 0.25) is 0 Å². The van der Waals surface area contributed by atoms with Crippen molar-refractivity contribution in [3.63, 3.8) is 0 Å². The van der Waals surface area contributed by atoms with Crippen LogP contribution in [0.5, 0.6) is 0 Å². The van der Waals surface area contributed by atoms with Crippen LogP contribution in [0.25, 0.3) is 0 Å². The van der Waals surface area contributed by atoms with E-state index >= 15 is 0 Å². The van der Waals surface area contributed by atoms with Crippen LogP contribution in [0, 0.1) is 18.6 Å². The Bertz CT molecular complexity index is 1410. The predicted octanol–water partition coefficient (Wildman–Crippen LogP) is -0.650. The number of hydrogen-bond donors (Lipinski definition) is 1. The summed E-state index contributed by atoms with van der Waals surface area (Å²) >= 11 is 5.24. The van der Waals surface area contributed by atoms with Gasteiger partial charge in [-0.25, -0.2) is 17.6 Å². The van der Waals surface area contributed by atoms with Gasteiger partial charge in [0.25, 0.3) is 16.6 Å². The molecule has 2 heterocycles. The van der Waals surface area contributed by atoms with Gasteiger partial charge in [-0.05, 0) is 55.5 Å². The van der Waals surface area contributed by atoms with Crippen LogP contribution in [-0.4, -0.2) is 72.2 Å². The molecule has 3 aromatic carbocycles. The average Bonchev–Trinajstić information content (AvgIpc) is 2.98. The first-order chi connectivity index (χ1) is 21.7. The standard InChI is InChI=1S/C11H13FO4S.C10H10F2OS.C6H5FS.CH3F.CH2O3.2K.H/c1-9-2-4-10(5-3-9)17(13,14)16-8-11(12)6-15-7-11;11-8-2-1-3-9(4-8)14-7-10(12)5-13-6-10;7-5-2-1-3-6(8)4-5;1-2;2-1-4-3;;;/h2-5H,6-8H2,1H3;1-4H,5-7H2;1-4,8H;1H3;1,3H;;;/q;;;;;2*+1;-1/p-1/i;;;1D;;;;. The quantitative estimate of drug-likeness (QED) is 0.0467. The molecule has 2 saturated heterocycles. The third-order valence-electron chi connectivity index (χ3n) is 5.37. The van der Waals surface area contributed by atoms with Gasteiger partial charge in [-0.15, -0.1) is 24.4 Å². The first-order valence-corrected chi connectivity index (χ1v) is 15.5. The monoisotopic (exact) mass is 779 g/mol. The van der Waals surface area contributed by atoms with Crippen LogP contribution in [0.3, 0.4) is 0 Å². The van der Waals surface area contributed by atoms with Crippen LogP contribution in [0.15, 0.2) is 87.5 Å². The Labute approximate surface area is 369 Å². The van der Waals surface area contributed by atoms with E-state index in [0.29, 0.717) is 10.6 Å². The molecule has 0 saturated carbocycles. The summed E-state index contributed by atoms with van der Waals surface area (Å²) in [5.41, 5.74) is -1.94. The summed E-state index contributed by atoms with van der Waals surface area (Å²) < 4.78 is 105. The summed E-state index contributed by atoms with van der Waals surface area (Å²) in [6.45, 7) is 1.26. The molecule has 0 aromatic heterocycles. The first-order valence-electron chi connectivity index (χ1n) is 13.3. The smallest absolute Gasteiger partial charge is 1.00 e. The van der Waals surface area contributed by atoms with Gasteiger partial charge in [-0.2, -0.15) is 8.42 Å². The van der Waals surface area contributed by atoms with E-state index in [9.17, 15) is 30.4 Å². The zero-order valence-corrected chi connectivity index (χ0v) is 34.6. The van der Waals surface area contributed by atoms with E-state index in [-0.39, 0.29) is 154 Å². The Kier molecular flexibility index (Phi) is 26.6. The molecule has 2 aliphatic rings. The molecule has 0 unspecified atom stereocenters. The molecule has 252 valence electrons. The van der Waals surface area contributed by atoms with Gasteiger partial charge in [-0.1, -0.05) is 29.8 Å². The molecule has 0 amide bonds. The summed E-state index contributed by atoms with van der Waals surface area (Å²) in [6.07, 6.45) is 0. The molecule has 47 heavy (non-hydrogen) atoms. The predicted molar refractivity (Wildman–Crippen MR) is 160 cm³/mol. The van der Waals surface area contributed by atoms with Crippen molar-refractivity contribution in [2.45, 2.75) is 32.9 Å². The van der Waals surface area contributed by atoms with Gasteiger partial charge in [0.05, 0.1) is 39.8 Å². The Morgan fingerprint density at radius 3 is 1.85 bits per heavy atom. The van der Waals surface area contributed by atoms with E-state index in [1.807, 2.05) is 6.92 Å². The molecule has 0 bridgehead atoms. The van der Waals surface area contributed by atoms with Crippen molar-refractivity contribution in [2.75, 3.05) is 45.9 Å². The van der Waals surface area contributed by atoms with Gasteiger partial charge < -0.3 is 21.0 Å². The number of halogens is 5. The maximum absolute atomic E-state index is 13.5. The Morgan fingerprint density at radius 2 is 1.47 bits per heavy atom. The van der Waals surface area contributed by atoms with E-state index in [1.165, 1.54) is 48.2 Å². The number of carbonyl (C=O) groups excluding carboxylic acids is 1. The van der Waals surface area contributed by atoms with Crippen molar-refractivity contribution in [1.29, 1.82) is 0 Å². The van der Waals surface area contributed by atoms with E-state index in [0.717, 1.165) is 10.5 Å². The maximum atomic E-state index is 13.5. The van der Waals surface area contributed by atoms with Crippen molar-refractivity contribution < 1.29 is 165 Å². The number of benzene rings is 3. The summed E-state index contributed by atoms with van der Waals surface area (Å²) in [7, 11) is -4.88. The number of rotatable bonds is 8. The molecule has 5 rings (SSSR count). The Balaban J connectivity index is -0.000000596. The molecule has 18 heteroatoms. The second kappa shape index (κ2) is 26.3. The molecular weight excluding hydrogens is 746 g/mol. The molecule has 8 nitrogen and oxygen atoms in total. The minimum atomic E-state index is -3.88. The number of carbonyl (C=O) groups is 1. The van der Waals surface area contributed by atoms with Crippen LogP contribution < -0.4 is 108 Å². The molecule has 0 radical (unpaired) electrons. The number of alkyl halides is 3. The van der Waals surface area contributed by atoms with Crippen molar-refractivity contribution in [3.8, 4) is 0 Å². The summed E-state index contributed by atoms with van der Waals surface area (Å²) in [4.78, 5) is 12.7. The third kappa shape index (κ3) is 20.9. The summed E-state index contributed by atoms with van der Waals surface area (Å²) in [5.74, 6) is -0.193. The number of thiol groups is 1. The second-order valence-corrected chi connectivity index (χ2v) is 12.4. The minimum absolute atomic E-state index is 0. The SMILES string of the molecule is Cc1ccc(S(=O)(=O)OCC2(F)COC2)cc1.Fc1cccc(S)c1.Fc1cccc(SCC2(F)COC2)c1.O=CO[O-].[2H]CF.[H-].[K+].[K+]. The Morgan fingerprint density at radius 1 is 0.979 bits per heavy atom. The van der Waals surface area contributed by atoms with Gasteiger partial charge >= 0.3 is 103 Å². The largest absolute Gasteiger partial charge is 1.00 e. The third-order valence-corrected chi connectivity index (χ3v) is 8.17. The van der Waals surface area contributed by atoms with E-state index in [4.69, 9.17) is 16.2 Å². The van der Waals surface area contributed by atoms with E-state index < -0.39 is 35.2 Å². The zero-order valence-electron chi connectivity index (χ0n) is 27.9. The zero-order chi connectivity index (χ0) is 34.6. The second-order valence-electron chi connectivity index (χ2n) is 9.24. The van der Waals surface area contributed by atoms with Crippen molar-refractivity contribution in [2.24, 2.45) is 0 Å². The van der Waals surface area contributed by atoms with Crippen LogP contribution >= 0.6 is 24.4 Å². The molecule has 2 aliphatic heterocycles. The van der Waals surface area contributed by atoms with Crippen LogP contribution in [0.1, 0.15) is 8.36 Å². The summed E-state index contributed by atoms with van der Waals surface area (Å²) in [6, 6.07) is 18.5. The Hall–Kier alpha value is 0.543. The fraction of sp³-hybridized carbons (Fsp3) is 0.345. The fourth-order valence-corrected chi connectivity index (χ4v) is 5.16. The molecule has 0 atom stereocenters. The van der Waals surface area contributed by atoms with Gasteiger partial charge in [-0.3, -0.25) is 13.4 Å². The van der Waals surface area contributed by atoms with Gasteiger partial charge in [0, 0.05) is 15.5 Å². The molecule has 2 fully saturated rings. The maximum Gasteiger partial charge on any atom is 1.00 e. The first kappa shape index (κ1) is 47.5. The number of thioether (sulfide) groups is 1. The summed E-state index contributed by atoms with van der Waals surface area (Å²) in [5, 5.41) is 8.43. The topological polar surface area (TPSA) is 111 Å². The number of ether oxygens (including phenoxy) is 2. The molecular formula is C29H33F5K2O8S3. The molecule has 0 spiro atoms. The van der Waals surface area contributed by atoms with Crippen LogP contribution in [-0.2, 0) is 33.5 Å². The fourth-order valence-electron chi connectivity index (χ4n) is 3.02. The van der Waals surface area contributed by atoms with Crippen molar-refractivity contribution >= 4 is 41.0 Å². The molecule has 0 N–H and O–H groups in total. The van der Waals surface area contributed by atoms with E-state index in [2.05, 4.69) is 26.4 Å². The van der Waals surface area contributed by atoms with Crippen molar-refractivity contribution in [1.82, 2.24) is 0 Å². The molecule has 3 aromatic rings. The van der Waals surface area contributed by atoms with Crippen molar-refractivity contribution in [3.05, 3.63) is 90.0 Å². The normalized spacial score (nSPS) is 14.9. The average molecular weight is 780 g/mol. The van der Waals surface area contributed by atoms with Gasteiger partial charge in [0.15, 0.2) is 11.3 Å².